The van der Waals surface area contributed by atoms with Crippen molar-refractivity contribution < 1.29 is 23.8 Å². The van der Waals surface area contributed by atoms with Gasteiger partial charge in [0, 0.05) is 5.56 Å². The Hall–Kier alpha value is -2.31. The van der Waals surface area contributed by atoms with E-state index >= 15 is 0 Å². The Morgan fingerprint density at radius 2 is 1.83 bits per heavy atom. The first-order chi connectivity index (χ1) is 14.4. The molecule has 0 aromatic heterocycles. The molecule has 156 valence electrons. The van der Waals surface area contributed by atoms with Crippen molar-refractivity contribution in [3.8, 4) is 17.2 Å². The summed E-state index contributed by atoms with van der Waals surface area (Å²) in [7, 11) is 4.66. The van der Waals surface area contributed by atoms with Gasteiger partial charge in [0.25, 0.3) is 11.8 Å². The molecule has 1 fully saturated rings. The molecule has 1 saturated heterocycles. The lowest BCUT2D eigenvalue weighted by molar-refractivity contribution is -0.123. The molecular weight excluding hydrogens is 539 g/mol. The predicted octanol–water partition coefficient (Wildman–Crippen LogP) is 3.86. The molecule has 3 rings (SSSR count). The molecule has 0 bridgehead atoms. The molecule has 1 aliphatic heterocycles. The van der Waals surface area contributed by atoms with Crippen LogP contribution in [0.1, 0.15) is 15.9 Å². The van der Waals surface area contributed by atoms with Crippen molar-refractivity contribution in [2.24, 2.45) is 0 Å². The van der Waals surface area contributed by atoms with E-state index in [1.54, 1.807) is 57.7 Å². The summed E-state index contributed by atoms with van der Waals surface area (Å²) in [5, 5.41) is 1.07. The molecule has 0 aliphatic carbocycles. The van der Waals surface area contributed by atoms with Gasteiger partial charge in [0.05, 0.1) is 29.8 Å². The fourth-order valence-electron chi connectivity index (χ4n) is 2.65. The maximum Gasteiger partial charge on any atom is 0.285 e. The van der Waals surface area contributed by atoms with Crippen molar-refractivity contribution in [1.29, 1.82) is 0 Å². The molecule has 1 heterocycles. The molecule has 10 heteroatoms. The normalized spacial score (nSPS) is 14.8. The van der Waals surface area contributed by atoms with Crippen molar-refractivity contribution in [3.63, 3.8) is 0 Å². The zero-order valence-corrected chi connectivity index (χ0v) is 20.0. The quantitative estimate of drug-likeness (QED) is 0.329. The summed E-state index contributed by atoms with van der Waals surface area (Å²) in [6, 6.07) is 10.2. The maximum absolute atomic E-state index is 12.8. The zero-order chi connectivity index (χ0) is 21.8. The number of amides is 2. The molecule has 1 aliphatic rings. The minimum absolute atomic E-state index is 0.239. The van der Waals surface area contributed by atoms with E-state index in [4.69, 9.17) is 26.4 Å². The van der Waals surface area contributed by atoms with Crippen LogP contribution in [-0.4, -0.2) is 42.5 Å². The van der Waals surface area contributed by atoms with Crippen molar-refractivity contribution in [2.75, 3.05) is 21.3 Å². The molecular formula is C20H17IN2O5S2. The lowest BCUT2D eigenvalue weighted by atomic mass is 10.2. The Morgan fingerprint density at radius 3 is 2.43 bits per heavy atom. The number of carbonyl (C=O) groups excluding carboxylic acids is 2. The topological polar surface area (TPSA) is 77.1 Å². The first-order valence-electron chi connectivity index (χ1n) is 8.52. The van der Waals surface area contributed by atoms with E-state index < -0.39 is 11.8 Å². The molecule has 0 spiro atoms. The van der Waals surface area contributed by atoms with E-state index in [0.29, 0.717) is 27.7 Å². The number of hydrogen-bond donors (Lipinski definition) is 1. The Labute approximate surface area is 196 Å². The second-order valence-electron chi connectivity index (χ2n) is 5.92. The van der Waals surface area contributed by atoms with Crippen LogP contribution >= 0.6 is 46.6 Å². The largest absolute Gasteiger partial charge is 0.497 e. The average Bonchev–Trinajstić information content (AvgIpc) is 3.00. The van der Waals surface area contributed by atoms with Crippen LogP contribution < -0.4 is 19.6 Å². The number of ether oxygens (including phenoxy) is 3. The highest BCUT2D eigenvalue weighted by Crippen LogP contribution is 2.36. The van der Waals surface area contributed by atoms with E-state index in [-0.39, 0.29) is 4.32 Å². The van der Waals surface area contributed by atoms with Gasteiger partial charge >= 0.3 is 0 Å². The number of hydrogen-bond acceptors (Lipinski definition) is 7. The van der Waals surface area contributed by atoms with E-state index in [9.17, 15) is 9.59 Å². The highest BCUT2D eigenvalue weighted by molar-refractivity contribution is 14.1. The fraction of sp³-hybridized carbons (Fsp3) is 0.150. The number of carbonyl (C=O) groups is 2. The van der Waals surface area contributed by atoms with Crippen LogP contribution in [0.25, 0.3) is 6.08 Å². The van der Waals surface area contributed by atoms with Crippen molar-refractivity contribution in [1.82, 2.24) is 10.4 Å². The monoisotopic (exact) mass is 556 g/mol. The number of thiocarbonyl (C=S) groups is 1. The van der Waals surface area contributed by atoms with Gasteiger partial charge in [-0.05, 0) is 82.8 Å². The second kappa shape index (κ2) is 9.67. The van der Waals surface area contributed by atoms with Gasteiger partial charge in [-0.2, -0.15) is 5.01 Å². The van der Waals surface area contributed by atoms with Gasteiger partial charge in [-0.3, -0.25) is 15.0 Å². The smallest absolute Gasteiger partial charge is 0.285 e. The number of benzene rings is 2. The van der Waals surface area contributed by atoms with Crippen molar-refractivity contribution in [2.45, 2.75) is 0 Å². The van der Waals surface area contributed by atoms with Crippen molar-refractivity contribution in [3.05, 3.63) is 56.0 Å². The van der Waals surface area contributed by atoms with E-state index in [1.165, 1.54) is 0 Å². The van der Waals surface area contributed by atoms with E-state index in [1.807, 2.05) is 6.07 Å². The third kappa shape index (κ3) is 4.71. The number of methoxy groups -OCH3 is 3. The lowest BCUT2D eigenvalue weighted by Crippen LogP contribution is -2.44. The fourth-order valence-corrected chi connectivity index (χ4v) is 4.67. The van der Waals surface area contributed by atoms with Gasteiger partial charge in [0.2, 0.25) is 0 Å². The van der Waals surface area contributed by atoms with Crippen LogP contribution in [-0.2, 0) is 4.79 Å². The van der Waals surface area contributed by atoms with Gasteiger partial charge in [-0.1, -0.05) is 11.8 Å². The lowest BCUT2D eigenvalue weighted by Gasteiger charge is -2.15. The minimum atomic E-state index is -0.448. The first-order valence-corrected chi connectivity index (χ1v) is 10.8. The van der Waals surface area contributed by atoms with Crippen LogP contribution in [0.5, 0.6) is 17.2 Å². The Kier molecular flexibility index (Phi) is 7.21. The summed E-state index contributed by atoms with van der Waals surface area (Å²) in [5.41, 5.74) is 3.68. The molecule has 0 radical (unpaired) electrons. The number of nitrogens with one attached hydrogen (secondary N) is 1. The number of halogens is 1. The van der Waals surface area contributed by atoms with E-state index in [0.717, 1.165) is 25.9 Å². The third-order valence-corrected chi connectivity index (χ3v) is 6.22. The Morgan fingerprint density at radius 1 is 1.13 bits per heavy atom. The summed E-state index contributed by atoms with van der Waals surface area (Å²) >= 11 is 8.52. The molecule has 1 N–H and O–H groups in total. The number of thioether (sulfide) groups is 1. The maximum atomic E-state index is 12.8. The van der Waals surface area contributed by atoms with Gasteiger partial charge in [-0.25, -0.2) is 0 Å². The van der Waals surface area contributed by atoms with Gasteiger partial charge in [0.15, 0.2) is 15.8 Å². The van der Waals surface area contributed by atoms with Crippen LogP contribution in [0.3, 0.4) is 0 Å². The minimum Gasteiger partial charge on any atom is -0.497 e. The zero-order valence-electron chi connectivity index (χ0n) is 16.2. The molecule has 7 nitrogen and oxygen atoms in total. The van der Waals surface area contributed by atoms with Gasteiger partial charge < -0.3 is 14.2 Å². The number of rotatable bonds is 6. The van der Waals surface area contributed by atoms with Crippen LogP contribution in [0.2, 0.25) is 0 Å². The first kappa shape index (κ1) is 22.4. The van der Waals surface area contributed by atoms with E-state index in [2.05, 4.69) is 28.0 Å². The van der Waals surface area contributed by atoms with Crippen LogP contribution in [0.15, 0.2) is 41.3 Å². The summed E-state index contributed by atoms with van der Waals surface area (Å²) in [4.78, 5) is 25.7. The standard InChI is InChI=1S/C20H17IN2O5S2/c1-26-13-6-4-12(5-7-13)18(24)22-23-19(25)16(30-20(23)29)10-11-8-14(21)17(28-3)15(9-11)27-2/h4-10H,1-3H3,(H,22,24)/b16-10+. The molecule has 0 saturated carbocycles. The summed E-state index contributed by atoms with van der Waals surface area (Å²) in [6.45, 7) is 0. The SMILES string of the molecule is COc1ccc(C(=O)NN2C(=O)/C(=C\c3cc(I)c(OC)c(OC)c3)SC2=S)cc1. The Bertz CT molecular complexity index is 1040. The Balaban J connectivity index is 1.80. The van der Waals surface area contributed by atoms with Gasteiger partial charge in [0.1, 0.15) is 5.75 Å². The summed E-state index contributed by atoms with van der Waals surface area (Å²) in [5.74, 6) is 0.950. The molecule has 0 atom stereocenters. The summed E-state index contributed by atoms with van der Waals surface area (Å²) in [6.07, 6.45) is 1.70. The molecule has 2 aromatic rings. The van der Waals surface area contributed by atoms with Crippen molar-refractivity contribution >= 4 is 68.8 Å². The summed E-state index contributed by atoms with van der Waals surface area (Å²) < 4.78 is 16.9. The predicted molar refractivity (Wildman–Crippen MR) is 128 cm³/mol. The van der Waals surface area contributed by atoms with Gasteiger partial charge in [-0.15, -0.1) is 0 Å². The third-order valence-electron chi connectivity index (χ3n) is 4.11. The average molecular weight is 556 g/mol. The highest BCUT2D eigenvalue weighted by atomic mass is 127. The number of hydrazine groups is 1. The molecule has 2 aromatic carbocycles. The van der Waals surface area contributed by atoms with Crippen LogP contribution in [0.4, 0.5) is 0 Å². The molecule has 2 amide bonds. The second-order valence-corrected chi connectivity index (χ2v) is 8.76. The number of nitrogens with zero attached hydrogens (tertiary/aromatic N) is 1. The molecule has 30 heavy (non-hydrogen) atoms. The molecule has 0 unspecified atom stereocenters. The highest BCUT2D eigenvalue weighted by Gasteiger charge is 2.34. The van der Waals surface area contributed by atoms with Crippen LogP contribution in [0, 0.1) is 3.57 Å².